The van der Waals surface area contributed by atoms with Gasteiger partial charge in [0.15, 0.2) is 0 Å². The molecule has 1 aliphatic rings. The molecule has 3 rings (SSSR count). The van der Waals surface area contributed by atoms with E-state index in [1.165, 1.54) is 11.3 Å². The molecule has 138 valence electrons. The Balaban J connectivity index is 1.92. The number of thiophene rings is 1. The molecule has 1 saturated heterocycles. The Morgan fingerprint density at radius 3 is 2.58 bits per heavy atom. The number of pyridine rings is 1. The summed E-state index contributed by atoms with van der Waals surface area (Å²) < 4.78 is 5.51. The number of hydrogen-bond donors (Lipinski definition) is 5. The van der Waals surface area contributed by atoms with Crippen LogP contribution in [0.4, 0.5) is 5.82 Å². The number of ether oxygens (including phenoxy) is 1. The molecule has 0 bridgehead atoms. The standard InChI is InChI=1S/C17H19N3O5S/c18-6-10-9(13-2-1-3-26-13)4-8(20-17(10)19)5-11-14(22)16(24)15(23)12(7-21)25-11/h1-4,11-12,14-16,21-24H,5,7H2,(H2,19,20)/t11-,12+,14-,15+,16+/m0/s1. The van der Waals surface area contributed by atoms with Gasteiger partial charge < -0.3 is 30.9 Å². The molecule has 5 atom stereocenters. The third kappa shape index (κ3) is 3.43. The van der Waals surface area contributed by atoms with Crippen molar-refractivity contribution >= 4 is 17.2 Å². The molecule has 0 aliphatic carbocycles. The fraction of sp³-hybridized carbons (Fsp3) is 0.412. The molecule has 2 aromatic rings. The number of aromatic nitrogens is 1. The summed E-state index contributed by atoms with van der Waals surface area (Å²) in [5, 5.41) is 50.5. The van der Waals surface area contributed by atoms with Crippen molar-refractivity contribution in [1.29, 1.82) is 5.26 Å². The van der Waals surface area contributed by atoms with Crippen molar-refractivity contribution < 1.29 is 25.2 Å². The predicted molar refractivity (Wildman–Crippen MR) is 94.1 cm³/mol. The van der Waals surface area contributed by atoms with Crippen LogP contribution in [0.2, 0.25) is 0 Å². The van der Waals surface area contributed by atoms with E-state index in [-0.39, 0.29) is 17.8 Å². The maximum Gasteiger partial charge on any atom is 0.142 e. The molecule has 8 nitrogen and oxygen atoms in total. The van der Waals surface area contributed by atoms with Crippen LogP contribution in [-0.2, 0) is 11.2 Å². The zero-order valence-corrected chi connectivity index (χ0v) is 14.5. The molecule has 0 aromatic carbocycles. The van der Waals surface area contributed by atoms with E-state index in [9.17, 15) is 25.7 Å². The van der Waals surface area contributed by atoms with E-state index < -0.39 is 37.1 Å². The first-order valence-corrected chi connectivity index (χ1v) is 8.88. The van der Waals surface area contributed by atoms with Crippen LogP contribution >= 0.6 is 11.3 Å². The van der Waals surface area contributed by atoms with Crippen LogP contribution in [0.3, 0.4) is 0 Å². The van der Waals surface area contributed by atoms with Gasteiger partial charge in [0.2, 0.25) is 0 Å². The quantitative estimate of drug-likeness (QED) is 0.485. The van der Waals surface area contributed by atoms with E-state index in [1.807, 2.05) is 17.5 Å². The molecule has 0 unspecified atom stereocenters. The van der Waals surface area contributed by atoms with Gasteiger partial charge in [-0.05, 0) is 17.5 Å². The minimum Gasteiger partial charge on any atom is -0.394 e. The predicted octanol–water partition coefficient (Wildman–Crippen LogP) is -0.351. The van der Waals surface area contributed by atoms with Gasteiger partial charge in [-0.2, -0.15) is 5.26 Å². The lowest BCUT2D eigenvalue weighted by atomic mass is 9.92. The zero-order valence-electron chi connectivity index (χ0n) is 13.7. The first kappa shape index (κ1) is 18.7. The lowest BCUT2D eigenvalue weighted by Crippen LogP contribution is -2.59. The molecule has 3 heterocycles. The van der Waals surface area contributed by atoms with Crippen molar-refractivity contribution in [1.82, 2.24) is 4.98 Å². The lowest BCUT2D eigenvalue weighted by Gasteiger charge is -2.40. The fourth-order valence-electron chi connectivity index (χ4n) is 3.02. The van der Waals surface area contributed by atoms with E-state index in [1.54, 1.807) is 6.07 Å². The Morgan fingerprint density at radius 1 is 1.23 bits per heavy atom. The van der Waals surface area contributed by atoms with Crippen LogP contribution in [0.5, 0.6) is 0 Å². The molecule has 26 heavy (non-hydrogen) atoms. The Kier molecular flexibility index (Phi) is 5.52. The van der Waals surface area contributed by atoms with Crippen molar-refractivity contribution in [3.63, 3.8) is 0 Å². The van der Waals surface area contributed by atoms with Gasteiger partial charge in [-0.15, -0.1) is 11.3 Å². The third-order valence-corrected chi connectivity index (χ3v) is 5.30. The van der Waals surface area contributed by atoms with Gasteiger partial charge in [0.05, 0.1) is 12.7 Å². The molecule has 6 N–H and O–H groups in total. The number of aliphatic hydroxyl groups is 4. The molecular formula is C17H19N3O5S. The van der Waals surface area contributed by atoms with Crippen LogP contribution in [0.25, 0.3) is 10.4 Å². The van der Waals surface area contributed by atoms with Gasteiger partial charge in [-0.3, -0.25) is 0 Å². The first-order chi connectivity index (χ1) is 12.5. The van der Waals surface area contributed by atoms with E-state index in [0.717, 1.165) is 4.88 Å². The number of nitrogens with two attached hydrogens (primary N) is 1. The monoisotopic (exact) mass is 377 g/mol. The number of nitrogen functional groups attached to an aromatic ring is 1. The summed E-state index contributed by atoms with van der Waals surface area (Å²) in [7, 11) is 0. The van der Waals surface area contributed by atoms with Crippen molar-refractivity contribution in [3.05, 3.63) is 34.8 Å². The molecular weight excluding hydrogens is 358 g/mol. The Morgan fingerprint density at radius 2 is 1.96 bits per heavy atom. The normalized spacial score (nSPS) is 28.7. The third-order valence-electron chi connectivity index (χ3n) is 4.40. The highest BCUT2D eigenvalue weighted by atomic mass is 32.1. The van der Waals surface area contributed by atoms with Crippen LogP contribution < -0.4 is 5.73 Å². The van der Waals surface area contributed by atoms with Gasteiger partial charge in [0, 0.05) is 22.6 Å². The molecule has 1 aliphatic heterocycles. The number of aliphatic hydroxyl groups excluding tert-OH is 4. The second-order valence-corrected chi connectivity index (χ2v) is 7.03. The summed E-state index contributed by atoms with van der Waals surface area (Å²) in [5.41, 5.74) is 7.29. The minimum atomic E-state index is -1.45. The second kappa shape index (κ2) is 7.67. The Bertz CT molecular complexity index is 805. The minimum absolute atomic E-state index is 0.0676. The summed E-state index contributed by atoms with van der Waals surface area (Å²) in [6.45, 7) is -0.495. The average Bonchev–Trinajstić information content (AvgIpc) is 3.16. The second-order valence-electron chi connectivity index (χ2n) is 6.08. The number of rotatable bonds is 4. The summed E-state index contributed by atoms with van der Waals surface area (Å²) in [6.07, 6.45) is -5.98. The maximum absolute atomic E-state index is 10.2. The van der Waals surface area contributed by atoms with Crippen LogP contribution in [0.1, 0.15) is 11.3 Å². The van der Waals surface area contributed by atoms with Crippen molar-refractivity contribution in [2.75, 3.05) is 12.3 Å². The molecule has 9 heteroatoms. The van der Waals surface area contributed by atoms with Gasteiger partial charge in [-0.25, -0.2) is 4.98 Å². The largest absolute Gasteiger partial charge is 0.394 e. The van der Waals surface area contributed by atoms with Gasteiger partial charge in [0.25, 0.3) is 0 Å². The molecule has 0 radical (unpaired) electrons. The van der Waals surface area contributed by atoms with Crippen molar-refractivity contribution in [3.8, 4) is 16.5 Å². The van der Waals surface area contributed by atoms with Crippen molar-refractivity contribution in [2.24, 2.45) is 0 Å². The Hall–Kier alpha value is -2.06. The van der Waals surface area contributed by atoms with Crippen LogP contribution in [-0.4, -0.2) is 62.5 Å². The lowest BCUT2D eigenvalue weighted by molar-refractivity contribution is -0.228. The van der Waals surface area contributed by atoms with Crippen LogP contribution in [0.15, 0.2) is 23.6 Å². The smallest absolute Gasteiger partial charge is 0.142 e. The number of anilines is 1. The van der Waals surface area contributed by atoms with Gasteiger partial charge in [0.1, 0.15) is 41.9 Å². The SMILES string of the molecule is N#Cc1c(-c2cccs2)cc(C[C@@H]2O[C@H](CO)[C@@H](O)[C@H](O)[C@H]2O)nc1N. The topological polar surface area (TPSA) is 153 Å². The summed E-state index contributed by atoms with van der Waals surface area (Å²) in [4.78, 5) is 5.05. The highest BCUT2D eigenvalue weighted by molar-refractivity contribution is 7.13. The molecule has 1 fully saturated rings. The molecule has 0 saturated carbocycles. The number of nitriles is 1. The maximum atomic E-state index is 10.2. The van der Waals surface area contributed by atoms with E-state index in [2.05, 4.69) is 11.1 Å². The highest BCUT2D eigenvalue weighted by Gasteiger charge is 2.43. The zero-order chi connectivity index (χ0) is 18.8. The molecule has 0 amide bonds. The van der Waals surface area contributed by atoms with E-state index in [4.69, 9.17) is 10.5 Å². The number of nitrogens with zero attached hydrogens (tertiary/aromatic N) is 2. The number of hydrogen-bond acceptors (Lipinski definition) is 9. The molecule has 2 aromatic heterocycles. The molecule has 0 spiro atoms. The fourth-order valence-corrected chi connectivity index (χ4v) is 3.77. The average molecular weight is 377 g/mol. The highest BCUT2D eigenvalue weighted by Crippen LogP contribution is 2.32. The summed E-state index contributed by atoms with van der Waals surface area (Å²) in [6, 6.07) is 7.47. The van der Waals surface area contributed by atoms with Crippen molar-refractivity contribution in [2.45, 2.75) is 36.9 Å². The van der Waals surface area contributed by atoms with Crippen LogP contribution in [0, 0.1) is 11.3 Å². The summed E-state index contributed by atoms with van der Waals surface area (Å²) in [5.74, 6) is 0.0676. The van der Waals surface area contributed by atoms with E-state index >= 15 is 0 Å². The first-order valence-electron chi connectivity index (χ1n) is 8.00. The Labute approximate surface area is 153 Å². The van der Waals surface area contributed by atoms with Gasteiger partial charge in [-0.1, -0.05) is 6.07 Å². The van der Waals surface area contributed by atoms with Gasteiger partial charge >= 0.3 is 0 Å². The van der Waals surface area contributed by atoms with E-state index in [0.29, 0.717) is 11.3 Å². The summed E-state index contributed by atoms with van der Waals surface area (Å²) >= 11 is 1.45.